The molecule has 0 fully saturated rings. The lowest BCUT2D eigenvalue weighted by Gasteiger charge is -2.29. The van der Waals surface area contributed by atoms with Gasteiger partial charge in [-0.05, 0) is 83.5 Å². The number of carbonyl (C=O) groups excluding carboxylic acids is 1. The van der Waals surface area contributed by atoms with E-state index in [1.807, 2.05) is 27.2 Å². The summed E-state index contributed by atoms with van der Waals surface area (Å²) in [5.41, 5.74) is 0. The van der Waals surface area contributed by atoms with Crippen molar-refractivity contribution in [1.82, 2.24) is 5.32 Å². The summed E-state index contributed by atoms with van der Waals surface area (Å²) in [6.45, 7) is 4.47. The summed E-state index contributed by atoms with van der Waals surface area (Å²) in [4.78, 5) is 25.3. The Kier molecular flexibility index (Phi) is 42.4. The molecular formula is C54H93N2O6P. The number of unbranched alkanes of at least 4 members (excludes halogenated alkanes) is 14. The first-order chi connectivity index (χ1) is 30.5. The fourth-order valence-corrected chi connectivity index (χ4v) is 7.07. The van der Waals surface area contributed by atoms with Gasteiger partial charge in [0.1, 0.15) is 13.2 Å². The third kappa shape index (κ3) is 47.0. The van der Waals surface area contributed by atoms with Crippen LogP contribution in [0.15, 0.2) is 109 Å². The fraction of sp³-hybridized carbons (Fsp3) is 0.648. The van der Waals surface area contributed by atoms with Gasteiger partial charge in [0.2, 0.25) is 5.91 Å². The van der Waals surface area contributed by atoms with Crippen LogP contribution in [0.25, 0.3) is 0 Å². The highest BCUT2D eigenvalue weighted by molar-refractivity contribution is 7.45. The van der Waals surface area contributed by atoms with Gasteiger partial charge < -0.3 is 28.8 Å². The molecule has 0 aromatic carbocycles. The van der Waals surface area contributed by atoms with E-state index in [1.54, 1.807) is 6.08 Å². The molecule has 360 valence electrons. The van der Waals surface area contributed by atoms with Crippen molar-refractivity contribution in [3.05, 3.63) is 109 Å². The Labute approximate surface area is 387 Å². The van der Waals surface area contributed by atoms with Crippen molar-refractivity contribution >= 4 is 13.7 Å². The fourth-order valence-electron chi connectivity index (χ4n) is 6.34. The van der Waals surface area contributed by atoms with Crippen molar-refractivity contribution in [1.29, 1.82) is 0 Å². The van der Waals surface area contributed by atoms with E-state index in [1.165, 1.54) is 51.4 Å². The zero-order valence-electron chi connectivity index (χ0n) is 40.7. The maximum Gasteiger partial charge on any atom is 0.268 e. The Bertz CT molecular complexity index is 1390. The van der Waals surface area contributed by atoms with Crippen LogP contribution in [0.3, 0.4) is 0 Å². The van der Waals surface area contributed by atoms with Crippen molar-refractivity contribution < 1.29 is 32.9 Å². The number of allylic oxidation sites excluding steroid dienone is 17. The van der Waals surface area contributed by atoms with Crippen LogP contribution in [-0.2, 0) is 18.4 Å². The molecule has 3 atom stereocenters. The first-order valence-corrected chi connectivity index (χ1v) is 26.2. The number of carbonyl (C=O) groups is 1. The summed E-state index contributed by atoms with van der Waals surface area (Å²) in [5.74, 6) is -0.229. The van der Waals surface area contributed by atoms with Gasteiger partial charge in [0.05, 0.1) is 39.9 Å². The van der Waals surface area contributed by atoms with E-state index in [0.29, 0.717) is 17.4 Å². The predicted octanol–water partition coefficient (Wildman–Crippen LogP) is 13.8. The predicted molar refractivity (Wildman–Crippen MR) is 269 cm³/mol. The van der Waals surface area contributed by atoms with Crippen molar-refractivity contribution in [2.45, 2.75) is 187 Å². The van der Waals surface area contributed by atoms with E-state index >= 15 is 0 Å². The highest BCUT2D eigenvalue weighted by Gasteiger charge is 2.23. The number of hydrogen-bond acceptors (Lipinski definition) is 6. The number of likely N-dealkylation sites (N-methyl/N-ethyl adjacent to an activating group) is 1. The van der Waals surface area contributed by atoms with Crippen LogP contribution in [0.4, 0.5) is 0 Å². The lowest BCUT2D eigenvalue weighted by molar-refractivity contribution is -0.870. The molecule has 0 radical (unpaired) electrons. The first-order valence-electron chi connectivity index (χ1n) is 24.7. The van der Waals surface area contributed by atoms with Crippen LogP contribution >= 0.6 is 7.82 Å². The second kappa shape index (κ2) is 44.4. The molecule has 0 saturated heterocycles. The van der Waals surface area contributed by atoms with E-state index in [9.17, 15) is 19.4 Å². The van der Waals surface area contributed by atoms with Gasteiger partial charge in [-0.25, -0.2) is 0 Å². The number of nitrogens with one attached hydrogen (secondary N) is 1. The molecule has 0 aliphatic carbocycles. The monoisotopic (exact) mass is 897 g/mol. The summed E-state index contributed by atoms with van der Waals surface area (Å²) in [6, 6.07) is -0.907. The van der Waals surface area contributed by atoms with E-state index in [2.05, 4.69) is 116 Å². The van der Waals surface area contributed by atoms with Gasteiger partial charge in [-0.1, -0.05) is 194 Å². The molecule has 0 heterocycles. The van der Waals surface area contributed by atoms with Crippen LogP contribution in [0.2, 0.25) is 0 Å². The standard InChI is InChI=1S/C54H93N2O6P/c1-6-8-10-12-14-16-18-20-21-22-23-24-25-26-27-28-29-30-31-32-33-34-35-36-38-40-42-44-46-48-54(58)55-52(51-62-63(59,60)61-50-49-56(3,4)5)53(57)47-45-43-41-39-37-19-17-15-13-11-9-7-2/h8,10,14,16,20-21,23-24,26-27,29-30,32-33,35-36,45,47,52-53,57H,6-7,9,11-13,15,17-19,22,25,28,31,34,37-44,46,48-51H2,1-5H3,(H-,55,58,59,60)/b10-8-,16-14-,21-20-,24-23-,27-26-,30-29-,33-32-,36-35-,47-45+. The van der Waals surface area contributed by atoms with E-state index in [0.717, 1.165) is 103 Å². The zero-order valence-corrected chi connectivity index (χ0v) is 41.6. The SMILES string of the molecule is CC/C=C\C/C=C\C/C=C\C/C=C\C/C=C\C/C=C\C/C=C\C/C=C\CCCCCCC(=O)NC(COP(=O)([O-])OCC[N+](C)(C)C)C(O)/C=C/CCCCCCCCCCCC. The molecule has 63 heavy (non-hydrogen) atoms. The van der Waals surface area contributed by atoms with Gasteiger partial charge in [-0.3, -0.25) is 9.36 Å². The minimum Gasteiger partial charge on any atom is -0.756 e. The first kappa shape index (κ1) is 60.2. The van der Waals surface area contributed by atoms with Crippen LogP contribution in [0, 0.1) is 0 Å². The van der Waals surface area contributed by atoms with Crippen LogP contribution in [0.5, 0.6) is 0 Å². The Hall–Kier alpha value is -2.84. The smallest absolute Gasteiger partial charge is 0.268 e. The molecule has 1 amide bonds. The van der Waals surface area contributed by atoms with Gasteiger partial charge in [0.15, 0.2) is 0 Å². The van der Waals surface area contributed by atoms with Gasteiger partial charge in [-0.15, -0.1) is 0 Å². The lowest BCUT2D eigenvalue weighted by atomic mass is 10.1. The number of quaternary nitrogens is 1. The molecule has 0 aliphatic rings. The quantitative estimate of drug-likeness (QED) is 0.0273. The summed E-state index contributed by atoms with van der Waals surface area (Å²) in [7, 11) is 1.22. The number of phosphoric acid groups is 1. The van der Waals surface area contributed by atoms with Gasteiger partial charge >= 0.3 is 0 Å². The molecule has 0 spiro atoms. The number of aliphatic hydroxyl groups is 1. The second-order valence-corrected chi connectivity index (χ2v) is 18.8. The zero-order chi connectivity index (χ0) is 46.4. The molecular weight excluding hydrogens is 804 g/mol. The number of hydrogen-bond donors (Lipinski definition) is 2. The van der Waals surface area contributed by atoms with E-state index in [-0.39, 0.29) is 12.5 Å². The number of aliphatic hydroxyl groups excluding tert-OH is 1. The molecule has 0 bridgehead atoms. The average Bonchev–Trinajstić information content (AvgIpc) is 3.24. The minimum absolute atomic E-state index is 0.0127. The number of amides is 1. The molecule has 8 nitrogen and oxygen atoms in total. The topological polar surface area (TPSA) is 108 Å². The van der Waals surface area contributed by atoms with E-state index < -0.39 is 26.6 Å². The third-order valence-electron chi connectivity index (χ3n) is 10.2. The Morgan fingerprint density at radius 2 is 0.968 bits per heavy atom. The summed E-state index contributed by atoms with van der Waals surface area (Å²) in [5, 5.41) is 13.8. The van der Waals surface area contributed by atoms with Crippen LogP contribution in [0.1, 0.15) is 174 Å². The van der Waals surface area contributed by atoms with Crippen molar-refractivity contribution in [2.75, 3.05) is 40.9 Å². The minimum atomic E-state index is -4.60. The molecule has 0 aromatic rings. The highest BCUT2D eigenvalue weighted by Crippen LogP contribution is 2.38. The molecule has 0 aliphatic heterocycles. The Morgan fingerprint density at radius 1 is 0.571 bits per heavy atom. The second-order valence-electron chi connectivity index (χ2n) is 17.4. The van der Waals surface area contributed by atoms with Crippen molar-refractivity contribution in [2.24, 2.45) is 0 Å². The van der Waals surface area contributed by atoms with Crippen molar-refractivity contribution in [3.63, 3.8) is 0 Å². The maximum absolute atomic E-state index is 12.9. The highest BCUT2D eigenvalue weighted by atomic mass is 31.2. The summed E-state index contributed by atoms with van der Waals surface area (Å²) < 4.78 is 23.2. The van der Waals surface area contributed by atoms with Crippen molar-refractivity contribution in [3.8, 4) is 0 Å². The largest absolute Gasteiger partial charge is 0.756 e. The maximum atomic E-state index is 12.9. The average molecular weight is 897 g/mol. The summed E-state index contributed by atoms with van der Waals surface area (Å²) >= 11 is 0. The van der Waals surface area contributed by atoms with Gasteiger partial charge in [-0.2, -0.15) is 0 Å². The summed E-state index contributed by atoms with van der Waals surface area (Å²) in [6.07, 6.45) is 64.3. The molecule has 0 rings (SSSR count). The number of nitrogens with zero attached hydrogens (tertiary/aromatic N) is 1. The third-order valence-corrected chi connectivity index (χ3v) is 11.2. The number of phosphoric ester groups is 1. The normalized spacial score (nSPS) is 15.1. The molecule has 2 N–H and O–H groups in total. The molecule has 3 unspecified atom stereocenters. The van der Waals surface area contributed by atoms with Crippen LogP contribution < -0.4 is 10.2 Å². The van der Waals surface area contributed by atoms with E-state index in [4.69, 9.17) is 9.05 Å². The Balaban J connectivity index is 4.34. The van der Waals surface area contributed by atoms with Gasteiger partial charge in [0, 0.05) is 6.42 Å². The van der Waals surface area contributed by atoms with Crippen LogP contribution in [-0.4, -0.2) is 68.5 Å². The molecule has 9 heteroatoms. The number of rotatable bonds is 43. The molecule has 0 aromatic heterocycles. The van der Waals surface area contributed by atoms with Gasteiger partial charge in [0.25, 0.3) is 7.82 Å². The Morgan fingerprint density at radius 3 is 1.41 bits per heavy atom. The lowest BCUT2D eigenvalue weighted by Crippen LogP contribution is -2.45. The molecule has 0 saturated carbocycles.